The van der Waals surface area contributed by atoms with Gasteiger partial charge in [-0.2, -0.15) is 87.8 Å². The summed E-state index contributed by atoms with van der Waals surface area (Å²) >= 11 is 0. The first-order valence-corrected chi connectivity index (χ1v) is 16.2. The predicted octanol–water partition coefficient (Wildman–Crippen LogP) is 8.51. The molecule has 67 heavy (non-hydrogen) atoms. The van der Waals surface area contributed by atoms with Crippen LogP contribution in [0.1, 0.15) is 56.8 Å². The first kappa shape index (κ1) is 58.3. The van der Waals surface area contributed by atoms with Gasteiger partial charge >= 0.3 is 66.3 Å². The quantitative estimate of drug-likeness (QED) is 0.0719. The topological polar surface area (TPSA) is 219 Å². The van der Waals surface area contributed by atoms with Gasteiger partial charge in [0.15, 0.2) is 0 Å². The van der Waals surface area contributed by atoms with Crippen molar-refractivity contribution in [2.75, 3.05) is 14.2 Å². The Kier molecular flexibility index (Phi) is 17.4. The number of rotatable bonds is 9. The van der Waals surface area contributed by atoms with Crippen molar-refractivity contribution in [3.63, 3.8) is 0 Å². The zero-order valence-corrected chi connectivity index (χ0v) is 32.7. The summed E-state index contributed by atoms with van der Waals surface area (Å²) in [6.07, 6.45) is -25.5. The van der Waals surface area contributed by atoms with Crippen molar-refractivity contribution >= 4 is 57.5 Å². The van der Waals surface area contributed by atoms with Crippen molar-refractivity contribution in [2.24, 2.45) is 0 Å². The molecule has 4 rings (SSSR count). The molecule has 0 amide bonds. The number of carbonyl (C=O) groups excluding carboxylic acids is 5. The Hall–Kier alpha value is -6.74. The normalized spacial score (nSPS) is 12.7. The Morgan fingerprint density at radius 3 is 1.21 bits per heavy atom. The summed E-state index contributed by atoms with van der Waals surface area (Å²) in [5, 5.41) is 15.3. The summed E-state index contributed by atoms with van der Waals surface area (Å²) < 4.78 is 260. The summed E-state index contributed by atoms with van der Waals surface area (Å²) in [6.45, 7) is 2.87. The van der Waals surface area contributed by atoms with Gasteiger partial charge in [-0.25, -0.2) is 24.4 Å². The number of nitrogens with zero attached hydrogens (tertiary/aromatic N) is 4. The fraction of sp³-hybridized carbons (Fsp3) is 0.438. The first-order chi connectivity index (χ1) is 29.9. The molecule has 4 heterocycles. The van der Waals surface area contributed by atoms with Gasteiger partial charge in [-0.15, -0.1) is 0 Å². The van der Waals surface area contributed by atoms with Crippen molar-refractivity contribution in [2.45, 2.75) is 75.6 Å². The number of hydrogen-bond donors (Lipinski definition) is 1. The lowest BCUT2D eigenvalue weighted by Crippen LogP contribution is -2.45. The number of pyridine rings is 2. The lowest BCUT2D eigenvalue weighted by molar-refractivity contribution is -0.291. The van der Waals surface area contributed by atoms with Gasteiger partial charge in [-0.05, 0) is 26.0 Å². The van der Waals surface area contributed by atoms with Crippen molar-refractivity contribution in [3.05, 3.63) is 46.0 Å². The van der Waals surface area contributed by atoms with Gasteiger partial charge < -0.3 is 23.6 Å². The Morgan fingerprint density at radius 1 is 0.567 bits per heavy atom. The summed E-state index contributed by atoms with van der Waals surface area (Å²) in [5.41, 5.74) is -5.90. The highest BCUT2D eigenvalue weighted by Crippen LogP contribution is 2.45. The van der Waals surface area contributed by atoms with E-state index in [1.54, 1.807) is 0 Å². The highest BCUT2D eigenvalue weighted by molar-refractivity contribution is 6.37. The number of ether oxygens (including phenoxy) is 2. The van der Waals surface area contributed by atoms with E-state index in [-0.39, 0.29) is 35.2 Å². The van der Waals surface area contributed by atoms with E-state index in [2.05, 4.69) is 38.8 Å². The highest BCUT2D eigenvalue weighted by atomic mass is 19.4. The van der Waals surface area contributed by atoms with Crippen LogP contribution in [-0.4, -0.2) is 111 Å². The van der Waals surface area contributed by atoms with Crippen LogP contribution in [0.3, 0.4) is 0 Å². The van der Waals surface area contributed by atoms with E-state index in [1.165, 1.54) is 13.8 Å². The molecule has 0 radical (unpaired) electrons. The number of alkyl halides is 20. The van der Waals surface area contributed by atoms with Gasteiger partial charge in [-0.3, -0.25) is 14.4 Å². The summed E-state index contributed by atoms with van der Waals surface area (Å²) in [7, 11) is 1.67. The Morgan fingerprint density at radius 2 is 0.925 bits per heavy atom. The van der Waals surface area contributed by atoms with Crippen LogP contribution in [0.15, 0.2) is 21.2 Å². The van der Waals surface area contributed by atoms with E-state index < -0.39 is 124 Å². The predicted molar refractivity (Wildman–Crippen MR) is 171 cm³/mol. The summed E-state index contributed by atoms with van der Waals surface area (Å²) in [5.74, 6) is -32.5. The Labute approximate surface area is 354 Å². The van der Waals surface area contributed by atoms with Crippen LogP contribution in [0.4, 0.5) is 87.8 Å². The number of aromatic nitrogens is 4. The van der Waals surface area contributed by atoms with Gasteiger partial charge in [0.25, 0.3) is 11.4 Å². The number of aryl methyl sites for hydroxylation is 2. The molecule has 0 aliphatic rings. The van der Waals surface area contributed by atoms with Crippen LogP contribution in [-0.2, 0) is 40.5 Å². The second-order valence-electron chi connectivity index (χ2n) is 12.2. The molecule has 0 bridgehead atoms. The van der Waals surface area contributed by atoms with E-state index in [0.717, 1.165) is 7.11 Å². The summed E-state index contributed by atoms with van der Waals surface area (Å²) in [6, 6.07) is 0.494. The number of fused-ring (bicyclic) bond motifs is 2. The van der Waals surface area contributed by atoms with Crippen LogP contribution in [0.25, 0.3) is 22.2 Å². The number of carbonyl (C=O) groups is 6. The number of hydrogen-bond acceptors (Lipinski definition) is 14. The zero-order chi connectivity index (χ0) is 53.0. The van der Waals surface area contributed by atoms with E-state index in [4.69, 9.17) is 5.11 Å². The third-order valence-electron chi connectivity index (χ3n) is 7.46. The molecule has 15 nitrogen and oxygen atoms in total. The third kappa shape index (κ3) is 12.8. The van der Waals surface area contributed by atoms with E-state index >= 15 is 0 Å². The molecule has 1 N–H and O–H groups in total. The SMILES string of the molecule is CC(=O)C(F)(F)C(F)(F)F.COC(=O)C(=O)CC(=O)C(F)(F)C(F)(F)F.COC(=O)c1cc(C(F)(F)C(F)(F)F)nc2onc(C)c12.Cc1noc2nc(C(F)(F)C(F)(F)F)cc(C(=O)O)c12. The smallest absolute Gasteiger partial charge is 0.461 e. The van der Waals surface area contributed by atoms with Crippen LogP contribution in [0.5, 0.6) is 0 Å². The number of carboxylic acid groups (broad SMARTS) is 1. The molecule has 0 saturated heterocycles. The molecular formula is C32H20F20N4O11. The number of halogens is 20. The van der Waals surface area contributed by atoms with E-state index in [9.17, 15) is 117 Å². The lowest BCUT2D eigenvalue weighted by atomic mass is 10.1. The largest absolute Gasteiger partial charge is 0.478 e. The monoisotopic (exact) mass is 1020 g/mol. The van der Waals surface area contributed by atoms with Gasteiger partial charge in [0.2, 0.25) is 17.3 Å². The van der Waals surface area contributed by atoms with Gasteiger partial charge in [0, 0.05) is 6.92 Å². The van der Waals surface area contributed by atoms with Crippen LogP contribution >= 0.6 is 0 Å². The minimum Gasteiger partial charge on any atom is -0.478 e. The molecular weight excluding hydrogens is 996 g/mol. The molecule has 0 fully saturated rings. The number of Topliss-reactive ketones (excluding diaryl/α,β-unsaturated/α-hetero) is 3. The fourth-order valence-corrected chi connectivity index (χ4v) is 4.04. The Balaban J connectivity index is 0.000000461. The number of methoxy groups -OCH3 is 2. The van der Waals surface area contributed by atoms with Gasteiger partial charge in [0.1, 0.15) is 11.4 Å². The van der Waals surface area contributed by atoms with Crippen molar-refractivity contribution in [3.8, 4) is 0 Å². The molecule has 4 aromatic heterocycles. The maximum absolute atomic E-state index is 13.3. The molecule has 0 unspecified atom stereocenters. The molecule has 0 aliphatic carbocycles. The molecule has 0 saturated carbocycles. The second kappa shape index (κ2) is 20.0. The molecule has 0 atom stereocenters. The molecule has 4 aromatic rings. The zero-order valence-electron chi connectivity index (χ0n) is 32.7. The molecule has 0 aliphatic heterocycles. The van der Waals surface area contributed by atoms with Crippen LogP contribution < -0.4 is 0 Å². The molecule has 35 heteroatoms. The number of aromatic carboxylic acids is 1. The first-order valence-electron chi connectivity index (χ1n) is 16.2. The average molecular weight is 1020 g/mol. The third-order valence-corrected chi connectivity index (χ3v) is 7.46. The van der Waals surface area contributed by atoms with Gasteiger partial charge in [0.05, 0.1) is 53.9 Å². The highest BCUT2D eigenvalue weighted by Gasteiger charge is 2.64. The van der Waals surface area contributed by atoms with E-state index in [0.29, 0.717) is 13.2 Å². The van der Waals surface area contributed by atoms with Crippen molar-refractivity contribution in [1.82, 2.24) is 20.3 Å². The second-order valence-corrected chi connectivity index (χ2v) is 12.2. The maximum atomic E-state index is 13.3. The number of esters is 2. The van der Waals surface area contributed by atoms with Crippen molar-refractivity contribution < 1.29 is 140 Å². The molecule has 0 aromatic carbocycles. The molecule has 374 valence electrons. The summed E-state index contributed by atoms with van der Waals surface area (Å²) in [4.78, 5) is 69.7. The van der Waals surface area contributed by atoms with Crippen LogP contribution in [0.2, 0.25) is 0 Å². The fourth-order valence-electron chi connectivity index (χ4n) is 4.04. The van der Waals surface area contributed by atoms with E-state index in [1.807, 2.05) is 0 Å². The standard InChI is InChI=1S/C11H7F5N2O3.C10H5F5N2O3.C7H5F5O4.C4H3F5O/c1-4-7-5(9(19)20-2)3-6(17-8(7)21-18-4)10(12,13)11(14,15)16;1-3-6-4(8(18)19)2-5(16-7(6)20-17-3)9(11,12)10(13,14)15;1-16-5(15)3(13)2-4(14)6(8,9)7(10,11)12;1-2(10)3(5,6)4(7,8)9/h3H,1-2H3;2H,1H3,(H,18,19);2H2,1H3;1H3. The van der Waals surface area contributed by atoms with Crippen LogP contribution in [0, 0.1) is 13.8 Å². The minimum absolute atomic E-state index is 0.0202. The number of ketones is 3. The maximum Gasteiger partial charge on any atom is 0.461 e. The molecule has 0 spiro atoms. The average Bonchev–Trinajstić information content (AvgIpc) is 3.76. The van der Waals surface area contributed by atoms with Crippen molar-refractivity contribution in [1.29, 1.82) is 0 Å². The Bertz CT molecular complexity index is 2500. The minimum atomic E-state index is -6.10. The lowest BCUT2D eigenvalue weighted by Gasteiger charge is -2.19. The van der Waals surface area contributed by atoms with Gasteiger partial charge in [-0.1, -0.05) is 10.3 Å². The number of carboxylic acids is 1.